The average molecular weight is 541 g/mol. The molecule has 0 atom stereocenters. The van der Waals surface area contributed by atoms with Crippen LogP contribution >= 0.6 is 11.6 Å². The average Bonchev–Trinajstić information content (AvgIpc) is 2.90. The van der Waals surface area contributed by atoms with E-state index in [9.17, 15) is 9.18 Å². The van der Waals surface area contributed by atoms with Crippen LogP contribution in [0.4, 0.5) is 10.2 Å². The molecule has 2 heterocycles. The van der Waals surface area contributed by atoms with E-state index in [0.717, 1.165) is 45.8 Å². The minimum absolute atomic E-state index is 0.173. The van der Waals surface area contributed by atoms with E-state index in [1.807, 2.05) is 13.8 Å². The molecule has 1 fully saturated rings. The number of ether oxygens (including phenoxy) is 1. The molecule has 1 aromatic heterocycles. The van der Waals surface area contributed by atoms with Gasteiger partial charge in [-0.05, 0) is 62.6 Å². The Morgan fingerprint density at radius 1 is 1.13 bits per heavy atom. The van der Waals surface area contributed by atoms with Crippen molar-refractivity contribution in [2.24, 2.45) is 0 Å². The fourth-order valence-corrected chi connectivity index (χ4v) is 5.20. The molecule has 1 aliphatic carbocycles. The van der Waals surface area contributed by atoms with Crippen molar-refractivity contribution < 1.29 is 13.9 Å². The third kappa shape index (κ3) is 7.43. The molecule has 4 rings (SSSR count). The first-order valence-corrected chi connectivity index (χ1v) is 13.9. The number of halogens is 2. The van der Waals surface area contributed by atoms with Gasteiger partial charge in [0.2, 0.25) is 0 Å². The van der Waals surface area contributed by atoms with E-state index in [2.05, 4.69) is 50.9 Å². The Labute approximate surface area is 230 Å². The van der Waals surface area contributed by atoms with E-state index in [4.69, 9.17) is 16.3 Å². The summed E-state index contributed by atoms with van der Waals surface area (Å²) in [4.78, 5) is 23.9. The van der Waals surface area contributed by atoms with E-state index >= 15 is 0 Å². The standard InChI is InChI=1S/C30H38ClFN4O2/c1-4-34(21-26-27(31)11-6-12-28(26)32)19-23-8-5-9-24(18-23)20-35-14-16-36(17-15-35)29-25(10-7-13-33-29)30(37)38-22(2)3/h5,7-10,12-13,18,22H,4,6,11,14-17,19-21H2,1-3H3. The zero-order valence-corrected chi connectivity index (χ0v) is 23.4. The molecule has 1 aliphatic heterocycles. The predicted octanol–water partition coefficient (Wildman–Crippen LogP) is 5.93. The normalized spacial score (nSPS) is 16.8. The van der Waals surface area contributed by atoms with Gasteiger partial charge in [0.15, 0.2) is 0 Å². The van der Waals surface area contributed by atoms with Crippen LogP contribution in [0.15, 0.2) is 65.1 Å². The van der Waals surface area contributed by atoms with Crippen LogP contribution in [0.5, 0.6) is 0 Å². The molecule has 0 radical (unpaired) electrons. The summed E-state index contributed by atoms with van der Waals surface area (Å²) < 4.78 is 19.8. The summed E-state index contributed by atoms with van der Waals surface area (Å²) in [5.41, 5.74) is 3.61. The van der Waals surface area contributed by atoms with Crippen LogP contribution in [0.2, 0.25) is 0 Å². The maximum absolute atomic E-state index is 14.4. The van der Waals surface area contributed by atoms with Gasteiger partial charge in [0, 0.05) is 62.6 Å². The quantitative estimate of drug-likeness (QED) is 0.348. The fraction of sp³-hybridized carbons (Fsp3) is 0.467. The van der Waals surface area contributed by atoms with Crippen molar-refractivity contribution in [2.45, 2.75) is 52.8 Å². The van der Waals surface area contributed by atoms with Crippen LogP contribution in [0.25, 0.3) is 0 Å². The maximum Gasteiger partial charge on any atom is 0.342 e. The first-order chi connectivity index (χ1) is 18.3. The molecule has 0 saturated carbocycles. The number of pyridine rings is 1. The number of allylic oxidation sites excluding steroid dienone is 2. The lowest BCUT2D eigenvalue weighted by atomic mass is 10.0. The lowest BCUT2D eigenvalue weighted by Gasteiger charge is -2.36. The summed E-state index contributed by atoms with van der Waals surface area (Å²) in [6.07, 6.45) is 4.58. The predicted molar refractivity (Wildman–Crippen MR) is 151 cm³/mol. The van der Waals surface area contributed by atoms with Crippen LogP contribution in [0.3, 0.4) is 0 Å². The highest BCUT2D eigenvalue weighted by atomic mass is 35.5. The summed E-state index contributed by atoms with van der Waals surface area (Å²) in [6, 6.07) is 12.2. The number of anilines is 1. The van der Waals surface area contributed by atoms with Crippen molar-refractivity contribution in [3.63, 3.8) is 0 Å². The Bertz CT molecular complexity index is 1170. The third-order valence-corrected chi connectivity index (χ3v) is 7.37. The molecule has 1 saturated heterocycles. The zero-order valence-electron chi connectivity index (χ0n) is 22.6. The van der Waals surface area contributed by atoms with Crippen LogP contribution < -0.4 is 4.90 Å². The molecule has 0 amide bonds. The number of carbonyl (C=O) groups is 1. The summed E-state index contributed by atoms with van der Waals surface area (Å²) >= 11 is 6.34. The molecule has 6 nitrogen and oxygen atoms in total. The topological polar surface area (TPSA) is 48.9 Å². The Morgan fingerprint density at radius 3 is 2.61 bits per heavy atom. The molecule has 0 spiro atoms. The van der Waals surface area contributed by atoms with E-state index in [-0.39, 0.29) is 17.9 Å². The van der Waals surface area contributed by atoms with E-state index in [1.54, 1.807) is 24.4 Å². The number of carbonyl (C=O) groups excluding carboxylic acids is 1. The number of hydrogen-bond acceptors (Lipinski definition) is 6. The van der Waals surface area contributed by atoms with Gasteiger partial charge in [-0.1, -0.05) is 42.8 Å². The largest absolute Gasteiger partial charge is 0.459 e. The number of esters is 1. The second-order valence-electron chi connectivity index (χ2n) is 10.2. The summed E-state index contributed by atoms with van der Waals surface area (Å²) in [7, 11) is 0. The zero-order chi connectivity index (χ0) is 27.1. The molecule has 0 N–H and O–H groups in total. The van der Waals surface area contributed by atoms with Gasteiger partial charge in [0.05, 0.1) is 6.10 Å². The highest BCUT2D eigenvalue weighted by molar-refractivity contribution is 6.30. The molecule has 0 unspecified atom stereocenters. The summed E-state index contributed by atoms with van der Waals surface area (Å²) in [6.45, 7) is 12.0. The lowest BCUT2D eigenvalue weighted by molar-refractivity contribution is 0.0378. The minimum atomic E-state index is -0.329. The smallest absolute Gasteiger partial charge is 0.342 e. The van der Waals surface area contributed by atoms with Crippen molar-refractivity contribution in [3.8, 4) is 0 Å². The van der Waals surface area contributed by atoms with Crippen molar-refractivity contribution in [2.75, 3.05) is 44.2 Å². The van der Waals surface area contributed by atoms with E-state index < -0.39 is 0 Å². The monoisotopic (exact) mass is 540 g/mol. The Morgan fingerprint density at radius 2 is 1.89 bits per heavy atom. The Kier molecular flexibility index (Phi) is 9.94. The van der Waals surface area contributed by atoms with Crippen LogP contribution in [-0.4, -0.2) is 66.1 Å². The molecular weight excluding hydrogens is 503 g/mol. The van der Waals surface area contributed by atoms with Crippen molar-refractivity contribution in [1.29, 1.82) is 0 Å². The first-order valence-electron chi connectivity index (χ1n) is 13.5. The van der Waals surface area contributed by atoms with E-state index in [0.29, 0.717) is 41.4 Å². The number of aromatic nitrogens is 1. The van der Waals surface area contributed by atoms with Gasteiger partial charge in [-0.3, -0.25) is 9.80 Å². The van der Waals surface area contributed by atoms with Crippen LogP contribution in [0, 0.1) is 0 Å². The van der Waals surface area contributed by atoms with Gasteiger partial charge in [0.25, 0.3) is 0 Å². The summed E-state index contributed by atoms with van der Waals surface area (Å²) in [5, 5.41) is 0.644. The van der Waals surface area contributed by atoms with Gasteiger partial charge >= 0.3 is 5.97 Å². The molecular formula is C30H38ClFN4O2. The van der Waals surface area contributed by atoms with Gasteiger partial charge in [-0.2, -0.15) is 0 Å². The SMILES string of the molecule is CCN(CC1=C(Cl)CCC=C1F)Cc1cccc(CN2CCN(c3ncccc3C(=O)OC(C)C)CC2)c1. The Hall–Kier alpha value is -2.74. The molecule has 1 aromatic carbocycles. The highest BCUT2D eigenvalue weighted by Crippen LogP contribution is 2.30. The second-order valence-corrected chi connectivity index (χ2v) is 10.6. The van der Waals surface area contributed by atoms with Gasteiger partial charge < -0.3 is 9.64 Å². The molecule has 38 heavy (non-hydrogen) atoms. The summed E-state index contributed by atoms with van der Waals surface area (Å²) in [5.74, 6) is 0.186. The number of nitrogens with zero attached hydrogens (tertiary/aromatic N) is 4. The fourth-order valence-electron chi connectivity index (χ4n) is 4.94. The maximum atomic E-state index is 14.4. The highest BCUT2D eigenvalue weighted by Gasteiger charge is 2.24. The van der Waals surface area contributed by atoms with E-state index in [1.165, 1.54) is 11.1 Å². The van der Waals surface area contributed by atoms with Crippen molar-refractivity contribution >= 4 is 23.4 Å². The lowest BCUT2D eigenvalue weighted by Crippen LogP contribution is -2.46. The first kappa shape index (κ1) is 28.3. The van der Waals surface area contributed by atoms with Gasteiger partial charge in [-0.25, -0.2) is 14.2 Å². The molecule has 204 valence electrons. The Balaban J connectivity index is 1.34. The van der Waals surface area contributed by atoms with Crippen molar-refractivity contribution in [3.05, 3.63) is 81.8 Å². The molecule has 2 aromatic rings. The number of benzene rings is 1. The van der Waals surface area contributed by atoms with Gasteiger partial charge in [-0.15, -0.1) is 0 Å². The number of piperazine rings is 1. The van der Waals surface area contributed by atoms with Gasteiger partial charge in [0.1, 0.15) is 17.2 Å². The van der Waals surface area contributed by atoms with Crippen LogP contribution in [-0.2, 0) is 17.8 Å². The van der Waals surface area contributed by atoms with Crippen LogP contribution in [0.1, 0.15) is 55.1 Å². The van der Waals surface area contributed by atoms with Crippen molar-refractivity contribution in [1.82, 2.24) is 14.8 Å². The molecule has 2 aliphatic rings. The molecule has 0 bridgehead atoms. The number of hydrogen-bond donors (Lipinski definition) is 0. The molecule has 8 heteroatoms. The second kappa shape index (κ2) is 13.4. The third-order valence-electron chi connectivity index (χ3n) is 6.96. The number of likely N-dealkylation sites (N-methyl/N-ethyl adjacent to an activating group) is 1. The number of rotatable bonds is 10. The minimum Gasteiger partial charge on any atom is -0.459 e.